The lowest BCUT2D eigenvalue weighted by atomic mass is 9.88. The molecule has 2 nitrogen and oxygen atoms in total. The summed E-state index contributed by atoms with van der Waals surface area (Å²) in [6, 6.07) is 8.97. The quantitative estimate of drug-likeness (QED) is 0.829. The monoisotopic (exact) mass is 262 g/mol. The van der Waals surface area contributed by atoms with E-state index in [2.05, 4.69) is 0 Å². The summed E-state index contributed by atoms with van der Waals surface area (Å²) in [6.07, 6.45) is 0.585. The Kier molecular flexibility index (Phi) is 3.69. The molecule has 0 radical (unpaired) electrons. The summed E-state index contributed by atoms with van der Waals surface area (Å²) in [6.45, 7) is 1.89. The molecule has 0 spiro atoms. The van der Waals surface area contributed by atoms with E-state index in [1.807, 2.05) is 6.92 Å². The van der Waals surface area contributed by atoms with Crippen LogP contribution in [0.2, 0.25) is 0 Å². The van der Waals surface area contributed by atoms with Gasteiger partial charge in [0.1, 0.15) is 11.6 Å². The summed E-state index contributed by atoms with van der Waals surface area (Å²) in [5.74, 6) is -1.17. The van der Waals surface area contributed by atoms with E-state index >= 15 is 0 Å². The number of rotatable bonds is 3. The van der Waals surface area contributed by atoms with E-state index in [-0.39, 0.29) is 5.92 Å². The maximum Gasteiger partial charge on any atom is 0.129 e. The highest BCUT2D eigenvalue weighted by atomic mass is 19.1. The minimum atomic E-state index is -0.414. The molecule has 0 aliphatic carbocycles. The van der Waals surface area contributed by atoms with Crippen molar-refractivity contribution in [2.45, 2.75) is 19.3 Å². The summed E-state index contributed by atoms with van der Waals surface area (Å²) in [5, 5.41) is 0. The Morgan fingerprint density at radius 3 is 1.63 bits per heavy atom. The first kappa shape index (κ1) is 13.3. The van der Waals surface area contributed by atoms with E-state index in [0.29, 0.717) is 28.9 Å². The molecule has 0 atom stereocenters. The van der Waals surface area contributed by atoms with Crippen molar-refractivity contribution < 1.29 is 8.78 Å². The fraction of sp³-hybridized carbons (Fsp3) is 0.200. The third-order valence-electron chi connectivity index (χ3n) is 3.21. The minimum absolute atomic E-state index is 0.346. The molecule has 19 heavy (non-hydrogen) atoms. The standard InChI is InChI=1S/C15H16F2N2/c1-2-11(12-5-3-9(18)7-14(12)16)13-6-4-10(19)8-15(13)17/h3-8,11H,2,18-19H2,1H3. The summed E-state index contributed by atoms with van der Waals surface area (Å²) in [5.41, 5.74) is 12.7. The van der Waals surface area contributed by atoms with Gasteiger partial charge in [-0.05, 0) is 41.8 Å². The van der Waals surface area contributed by atoms with Crippen LogP contribution in [0.5, 0.6) is 0 Å². The number of hydrogen-bond acceptors (Lipinski definition) is 2. The number of anilines is 2. The largest absolute Gasteiger partial charge is 0.399 e. The zero-order valence-electron chi connectivity index (χ0n) is 10.7. The van der Waals surface area contributed by atoms with Gasteiger partial charge in [0.15, 0.2) is 0 Å². The van der Waals surface area contributed by atoms with Gasteiger partial charge in [0.05, 0.1) is 0 Å². The van der Waals surface area contributed by atoms with Crippen LogP contribution in [0.1, 0.15) is 30.4 Å². The second kappa shape index (κ2) is 5.26. The van der Waals surface area contributed by atoms with Gasteiger partial charge in [-0.1, -0.05) is 19.1 Å². The highest BCUT2D eigenvalue weighted by molar-refractivity contribution is 5.46. The van der Waals surface area contributed by atoms with Crippen molar-refractivity contribution in [3.8, 4) is 0 Å². The smallest absolute Gasteiger partial charge is 0.129 e. The van der Waals surface area contributed by atoms with Crippen molar-refractivity contribution >= 4 is 11.4 Å². The summed E-state index contributed by atoms with van der Waals surface area (Å²) in [7, 11) is 0. The van der Waals surface area contributed by atoms with Gasteiger partial charge >= 0.3 is 0 Å². The van der Waals surface area contributed by atoms with Crippen LogP contribution in [0, 0.1) is 11.6 Å². The van der Waals surface area contributed by atoms with Gasteiger partial charge in [-0.3, -0.25) is 0 Å². The van der Waals surface area contributed by atoms with Gasteiger partial charge in [-0.25, -0.2) is 8.78 Å². The fourth-order valence-corrected chi connectivity index (χ4v) is 2.26. The van der Waals surface area contributed by atoms with E-state index in [1.54, 1.807) is 24.3 Å². The lowest BCUT2D eigenvalue weighted by Crippen LogP contribution is -2.06. The SMILES string of the molecule is CCC(c1ccc(N)cc1F)c1ccc(N)cc1F. The summed E-state index contributed by atoms with van der Waals surface area (Å²) < 4.78 is 27.9. The molecule has 0 aromatic heterocycles. The molecule has 4 heteroatoms. The maximum absolute atomic E-state index is 14.0. The molecule has 0 saturated carbocycles. The van der Waals surface area contributed by atoms with Crippen LogP contribution < -0.4 is 11.5 Å². The van der Waals surface area contributed by atoms with E-state index in [4.69, 9.17) is 11.5 Å². The molecular weight excluding hydrogens is 246 g/mol. The number of nitrogen functional groups attached to an aromatic ring is 2. The molecule has 0 amide bonds. The van der Waals surface area contributed by atoms with E-state index in [0.717, 1.165) is 0 Å². The van der Waals surface area contributed by atoms with Gasteiger partial charge in [-0.15, -0.1) is 0 Å². The lowest BCUT2D eigenvalue weighted by molar-refractivity contribution is 0.566. The Morgan fingerprint density at radius 2 is 1.32 bits per heavy atom. The van der Waals surface area contributed by atoms with Crippen molar-refractivity contribution in [3.63, 3.8) is 0 Å². The molecule has 2 rings (SSSR count). The van der Waals surface area contributed by atoms with Gasteiger partial charge in [0, 0.05) is 17.3 Å². The van der Waals surface area contributed by atoms with Crippen molar-refractivity contribution in [2.75, 3.05) is 11.5 Å². The van der Waals surface area contributed by atoms with Gasteiger partial charge < -0.3 is 11.5 Å². The lowest BCUT2D eigenvalue weighted by Gasteiger charge is -2.18. The topological polar surface area (TPSA) is 52.0 Å². The summed E-state index contributed by atoms with van der Waals surface area (Å²) in [4.78, 5) is 0. The van der Waals surface area contributed by atoms with Gasteiger partial charge in [0.2, 0.25) is 0 Å². The first-order valence-electron chi connectivity index (χ1n) is 6.12. The second-order valence-electron chi connectivity index (χ2n) is 4.52. The zero-order chi connectivity index (χ0) is 14.0. The van der Waals surface area contributed by atoms with E-state index in [9.17, 15) is 8.78 Å². The van der Waals surface area contributed by atoms with Gasteiger partial charge in [0.25, 0.3) is 0 Å². The Labute approximate surface area is 111 Å². The molecule has 4 N–H and O–H groups in total. The van der Waals surface area contributed by atoms with E-state index in [1.165, 1.54) is 12.1 Å². The van der Waals surface area contributed by atoms with Crippen molar-refractivity contribution in [3.05, 3.63) is 59.2 Å². The molecule has 2 aromatic rings. The van der Waals surface area contributed by atoms with Crippen LogP contribution in [0.25, 0.3) is 0 Å². The van der Waals surface area contributed by atoms with Crippen LogP contribution in [0.3, 0.4) is 0 Å². The molecule has 0 aliphatic rings. The third kappa shape index (κ3) is 2.67. The molecule has 0 unspecified atom stereocenters. The minimum Gasteiger partial charge on any atom is -0.399 e. The van der Waals surface area contributed by atoms with Crippen molar-refractivity contribution in [1.82, 2.24) is 0 Å². The Bertz CT molecular complexity index is 545. The van der Waals surface area contributed by atoms with Crippen molar-refractivity contribution in [1.29, 1.82) is 0 Å². The predicted octanol–water partition coefficient (Wildman–Crippen LogP) is 3.67. The second-order valence-corrected chi connectivity index (χ2v) is 4.52. The maximum atomic E-state index is 14.0. The molecule has 100 valence electrons. The molecule has 0 saturated heterocycles. The van der Waals surface area contributed by atoms with Crippen LogP contribution in [-0.2, 0) is 0 Å². The molecule has 0 aliphatic heterocycles. The fourth-order valence-electron chi connectivity index (χ4n) is 2.26. The average Bonchev–Trinajstić information content (AvgIpc) is 2.34. The number of nitrogens with two attached hydrogens (primary N) is 2. The van der Waals surface area contributed by atoms with Crippen LogP contribution >= 0.6 is 0 Å². The highest BCUT2D eigenvalue weighted by Crippen LogP contribution is 2.32. The average molecular weight is 262 g/mol. The Morgan fingerprint density at radius 1 is 0.895 bits per heavy atom. The van der Waals surface area contributed by atoms with Gasteiger partial charge in [-0.2, -0.15) is 0 Å². The molecule has 0 fully saturated rings. The normalized spacial score (nSPS) is 10.9. The zero-order valence-corrected chi connectivity index (χ0v) is 10.7. The highest BCUT2D eigenvalue weighted by Gasteiger charge is 2.19. The Balaban J connectivity index is 2.50. The van der Waals surface area contributed by atoms with Crippen LogP contribution in [-0.4, -0.2) is 0 Å². The molecule has 0 heterocycles. The molecule has 0 bridgehead atoms. The number of benzene rings is 2. The van der Waals surface area contributed by atoms with Crippen LogP contribution in [0.4, 0.5) is 20.2 Å². The predicted molar refractivity (Wildman–Crippen MR) is 73.8 cm³/mol. The van der Waals surface area contributed by atoms with Crippen LogP contribution in [0.15, 0.2) is 36.4 Å². The molecular formula is C15H16F2N2. The number of halogens is 2. The summed E-state index contributed by atoms with van der Waals surface area (Å²) >= 11 is 0. The molecule has 2 aromatic carbocycles. The first-order valence-corrected chi connectivity index (χ1v) is 6.12. The van der Waals surface area contributed by atoms with E-state index < -0.39 is 11.6 Å². The Hall–Kier alpha value is -2.10. The first-order chi connectivity index (χ1) is 9.02. The number of hydrogen-bond donors (Lipinski definition) is 2. The van der Waals surface area contributed by atoms with Crippen molar-refractivity contribution in [2.24, 2.45) is 0 Å². The third-order valence-corrected chi connectivity index (χ3v) is 3.21.